The number of halogens is 1. The van der Waals surface area contributed by atoms with Gasteiger partial charge in [0.25, 0.3) is 0 Å². The van der Waals surface area contributed by atoms with E-state index in [9.17, 15) is 0 Å². The maximum absolute atomic E-state index is 5.66. The van der Waals surface area contributed by atoms with Crippen LogP contribution in [0.2, 0.25) is 0 Å². The lowest BCUT2D eigenvalue weighted by Gasteiger charge is -2.24. The topological polar surface area (TPSA) is 59.1 Å². The molecule has 100 valence electrons. The number of nitrogens with zero attached hydrogens (tertiary/aromatic N) is 2. The van der Waals surface area contributed by atoms with Crippen LogP contribution in [0.25, 0.3) is 11.0 Å². The summed E-state index contributed by atoms with van der Waals surface area (Å²) in [5, 5.41) is 6.71. The lowest BCUT2D eigenvalue weighted by molar-refractivity contribution is 0.0372. The van der Waals surface area contributed by atoms with Crippen LogP contribution in [0.5, 0.6) is 0 Å². The summed E-state index contributed by atoms with van der Waals surface area (Å²) < 4.78 is 6.60. The average molecular weight is 323 g/mol. The minimum absolute atomic E-state index is 0.201. The highest BCUT2D eigenvalue weighted by molar-refractivity contribution is 9.10. The summed E-state index contributed by atoms with van der Waals surface area (Å²) in [4.78, 5) is 8.74. The van der Waals surface area contributed by atoms with Crippen molar-refractivity contribution in [3.63, 3.8) is 0 Å². The molecule has 1 fully saturated rings. The number of morpholine rings is 1. The Bertz CT molecular complexity index is 572. The third kappa shape index (κ3) is 3.02. The van der Waals surface area contributed by atoms with Crippen molar-refractivity contribution in [1.29, 1.82) is 0 Å². The molecule has 1 unspecified atom stereocenters. The van der Waals surface area contributed by atoms with Gasteiger partial charge in [0, 0.05) is 36.5 Å². The highest BCUT2D eigenvalue weighted by Crippen LogP contribution is 2.22. The molecule has 0 aliphatic carbocycles. The normalized spacial score (nSPS) is 19.5. The van der Waals surface area contributed by atoms with Gasteiger partial charge < -0.3 is 15.4 Å². The van der Waals surface area contributed by atoms with E-state index in [-0.39, 0.29) is 6.10 Å². The first kappa shape index (κ1) is 12.8. The molecule has 0 saturated carbocycles. The quantitative estimate of drug-likeness (QED) is 0.902. The van der Waals surface area contributed by atoms with Crippen molar-refractivity contribution in [2.24, 2.45) is 0 Å². The number of pyridine rings is 2. The van der Waals surface area contributed by atoms with Crippen molar-refractivity contribution in [2.45, 2.75) is 6.10 Å². The van der Waals surface area contributed by atoms with Crippen molar-refractivity contribution in [3.05, 3.63) is 29.0 Å². The number of hydrogen-bond donors (Lipinski definition) is 2. The maximum atomic E-state index is 5.66. The second-order valence-corrected chi connectivity index (χ2v) is 5.37. The molecule has 2 aromatic heterocycles. The summed E-state index contributed by atoms with van der Waals surface area (Å²) in [6, 6.07) is 3.91. The molecule has 1 atom stereocenters. The monoisotopic (exact) mass is 322 g/mol. The number of fused-ring (bicyclic) bond motifs is 1. The molecule has 1 saturated heterocycles. The summed E-state index contributed by atoms with van der Waals surface area (Å²) in [6.45, 7) is 3.36. The Morgan fingerprint density at radius 3 is 3.26 bits per heavy atom. The lowest BCUT2D eigenvalue weighted by Crippen LogP contribution is -2.42. The van der Waals surface area contributed by atoms with E-state index in [4.69, 9.17) is 4.74 Å². The molecule has 3 rings (SSSR count). The van der Waals surface area contributed by atoms with Gasteiger partial charge in [0.05, 0.1) is 23.9 Å². The van der Waals surface area contributed by atoms with E-state index in [2.05, 4.69) is 36.5 Å². The van der Waals surface area contributed by atoms with Crippen LogP contribution in [-0.4, -0.2) is 42.3 Å². The van der Waals surface area contributed by atoms with Crippen molar-refractivity contribution >= 4 is 32.7 Å². The molecular weight excluding hydrogens is 308 g/mol. The van der Waals surface area contributed by atoms with Crippen LogP contribution < -0.4 is 10.6 Å². The van der Waals surface area contributed by atoms with Gasteiger partial charge in [-0.3, -0.25) is 9.97 Å². The third-order valence-electron chi connectivity index (χ3n) is 3.07. The minimum atomic E-state index is 0.201. The fraction of sp³-hybridized carbons (Fsp3) is 0.385. The molecule has 2 N–H and O–H groups in total. The fourth-order valence-electron chi connectivity index (χ4n) is 2.12. The van der Waals surface area contributed by atoms with Gasteiger partial charge in [0.2, 0.25) is 0 Å². The first-order valence-corrected chi connectivity index (χ1v) is 7.09. The number of nitrogens with one attached hydrogen (secondary N) is 2. The van der Waals surface area contributed by atoms with Gasteiger partial charge in [-0.1, -0.05) is 0 Å². The van der Waals surface area contributed by atoms with Crippen LogP contribution in [0.1, 0.15) is 0 Å². The molecule has 1 aliphatic heterocycles. The summed E-state index contributed by atoms with van der Waals surface area (Å²) in [5.41, 5.74) is 2.75. The molecular formula is C13H15BrN4O. The number of anilines is 1. The largest absolute Gasteiger partial charge is 0.381 e. The first-order valence-electron chi connectivity index (χ1n) is 6.29. The number of hydrogen-bond acceptors (Lipinski definition) is 5. The molecule has 2 aromatic rings. The van der Waals surface area contributed by atoms with Crippen LogP contribution in [0.15, 0.2) is 29.0 Å². The molecule has 0 spiro atoms. The Morgan fingerprint density at radius 1 is 1.47 bits per heavy atom. The van der Waals surface area contributed by atoms with Crippen LogP contribution in [0.4, 0.5) is 5.69 Å². The Kier molecular flexibility index (Phi) is 3.91. The van der Waals surface area contributed by atoms with Gasteiger partial charge in [-0.25, -0.2) is 0 Å². The van der Waals surface area contributed by atoms with E-state index in [1.54, 1.807) is 12.4 Å². The van der Waals surface area contributed by atoms with Crippen molar-refractivity contribution in [3.8, 4) is 0 Å². The van der Waals surface area contributed by atoms with Crippen LogP contribution in [-0.2, 0) is 4.74 Å². The number of aromatic nitrogens is 2. The van der Waals surface area contributed by atoms with Crippen molar-refractivity contribution in [1.82, 2.24) is 15.3 Å². The van der Waals surface area contributed by atoms with Crippen molar-refractivity contribution in [2.75, 3.05) is 31.6 Å². The predicted molar refractivity (Wildman–Crippen MR) is 78.3 cm³/mol. The molecule has 3 heterocycles. The molecule has 1 aliphatic rings. The van der Waals surface area contributed by atoms with Crippen LogP contribution in [0, 0.1) is 0 Å². The second kappa shape index (κ2) is 5.81. The molecule has 0 aromatic carbocycles. The van der Waals surface area contributed by atoms with Crippen LogP contribution >= 0.6 is 15.9 Å². The fourth-order valence-corrected chi connectivity index (χ4v) is 2.44. The molecule has 5 nitrogen and oxygen atoms in total. The summed E-state index contributed by atoms with van der Waals surface area (Å²) >= 11 is 3.41. The Labute approximate surface area is 119 Å². The van der Waals surface area contributed by atoms with E-state index in [1.165, 1.54) is 0 Å². The van der Waals surface area contributed by atoms with E-state index in [1.807, 2.05) is 12.1 Å². The van der Waals surface area contributed by atoms with E-state index in [0.29, 0.717) is 0 Å². The zero-order chi connectivity index (χ0) is 13.1. The number of rotatable bonds is 3. The zero-order valence-electron chi connectivity index (χ0n) is 10.4. The molecule has 6 heteroatoms. The Hall–Kier alpha value is -1.24. The number of ether oxygens (including phenoxy) is 1. The molecule has 0 radical (unpaired) electrons. The zero-order valence-corrected chi connectivity index (χ0v) is 12.0. The van der Waals surface area contributed by atoms with Gasteiger partial charge in [-0.15, -0.1) is 0 Å². The lowest BCUT2D eigenvalue weighted by atomic mass is 10.2. The van der Waals surface area contributed by atoms with Gasteiger partial charge in [0.1, 0.15) is 5.52 Å². The summed E-state index contributed by atoms with van der Waals surface area (Å²) in [5.74, 6) is 0. The smallest absolute Gasteiger partial charge is 0.112 e. The molecule has 0 amide bonds. The first-order chi connectivity index (χ1) is 9.33. The predicted octanol–water partition coefficient (Wildman–Crippen LogP) is 1.79. The van der Waals surface area contributed by atoms with Gasteiger partial charge in [0.15, 0.2) is 0 Å². The van der Waals surface area contributed by atoms with Gasteiger partial charge in [-0.2, -0.15) is 0 Å². The summed E-state index contributed by atoms with van der Waals surface area (Å²) in [6.07, 6.45) is 3.78. The van der Waals surface area contributed by atoms with Crippen LogP contribution in [0.3, 0.4) is 0 Å². The highest BCUT2D eigenvalue weighted by Gasteiger charge is 2.13. The second-order valence-electron chi connectivity index (χ2n) is 4.46. The maximum Gasteiger partial charge on any atom is 0.112 e. The Morgan fingerprint density at radius 2 is 2.42 bits per heavy atom. The van der Waals surface area contributed by atoms with Crippen molar-refractivity contribution < 1.29 is 4.74 Å². The average Bonchev–Trinajstić information content (AvgIpc) is 2.45. The van der Waals surface area contributed by atoms with E-state index in [0.717, 1.165) is 47.4 Å². The minimum Gasteiger partial charge on any atom is -0.381 e. The van der Waals surface area contributed by atoms with Gasteiger partial charge in [-0.05, 0) is 28.1 Å². The van der Waals surface area contributed by atoms with E-state index < -0.39 is 0 Å². The molecule has 0 bridgehead atoms. The highest BCUT2D eigenvalue weighted by atomic mass is 79.9. The SMILES string of the molecule is Brc1cnc2c(NCC3CNCCO3)ccnc2c1. The third-order valence-corrected chi connectivity index (χ3v) is 3.50. The van der Waals surface area contributed by atoms with E-state index >= 15 is 0 Å². The summed E-state index contributed by atoms with van der Waals surface area (Å²) in [7, 11) is 0. The molecule has 19 heavy (non-hydrogen) atoms. The van der Waals surface area contributed by atoms with Gasteiger partial charge >= 0.3 is 0 Å². The Balaban J connectivity index is 1.76. The standard InChI is InChI=1S/C13H15BrN4O/c14-9-5-12-13(18-6-9)11(1-2-16-12)17-8-10-7-15-3-4-19-10/h1-2,5-6,10,15H,3-4,7-8H2,(H,16,17).